The lowest BCUT2D eigenvalue weighted by Crippen LogP contribution is -2.57. The molecule has 1 aliphatic rings. The summed E-state index contributed by atoms with van der Waals surface area (Å²) in [4.78, 5) is 40.6. The normalized spacial score (nSPS) is 17.7. The van der Waals surface area contributed by atoms with Crippen LogP contribution >= 0.6 is 11.3 Å². The van der Waals surface area contributed by atoms with Gasteiger partial charge in [-0.2, -0.15) is 0 Å². The van der Waals surface area contributed by atoms with Crippen molar-refractivity contribution in [2.45, 2.75) is 26.8 Å². The minimum absolute atomic E-state index is 0.0408. The Balaban J connectivity index is 1.77. The number of Topliss-reactive ketones (excluding diaryl/α,β-unsaturated/α-hetero) is 1. The summed E-state index contributed by atoms with van der Waals surface area (Å²) in [5.74, 6) is -0.358. The second-order valence-electron chi connectivity index (χ2n) is 6.38. The van der Waals surface area contributed by atoms with Gasteiger partial charge in [-0.1, -0.05) is 17.7 Å². The van der Waals surface area contributed by atoms with Crippen LogP contribution in [0.1, 0.15) is 39.4 Å². The average molecular weight is 356 g/mol. The van der Waals surface area contributed by atoms with Gasteiger partial charge in [0.1, 0.15) is 6.54 Å². The van der Waals surface area contributed by atoms with E-state index in [1.165, 1.54) is 18.3 Å². The molecule has 1 aliphatic heterocycles. The third-order valence-corrected chi connectivity index (χ3v) is 5.42. The molecule has 0 N–H and O–H groups in total. The standard InChI is InChI=1S/C19H20N2O3S/c1-12-4-6-16(7-5-12)21-9-13(2)20(10-18(21)23)19(24)15-8-17(14(3)22)25-11-15/h4-8,11,13H,9-10H2,1-3H3/t13-/m1/s1. The minimum atomic E-state index is -0.201. The number of hydrogen-bond donors (Lipinski definition) is 0. The van der Waals surface area contributed by atoms with Crippen molar-refractivity contribution in [2.75, 3.05) is 18.0 Å². The number of nitrogens with zero attached hydrogens (tertiary/aromatic N) is 2. The van der Waals surface area contributed by atoms with Gasteiger partial charge >= 0.3 is 0 Å². The van der Waals surface area contributed by atoms with Crippen molar-refractivity contribution in [3.05, 3.63) is 51.7 Å². The zero-order valence-electron chi connectivity index (χ0n) is 14.5. The molecule has 0 spiro atoms. The van der Waals surface area contributed by atoms with Gasteiger partial charge < -0.3 is 9.80 Å². The van der Waals surface area contributed by atoms with E-state index in [-0.39, 0.29) is 30.2 Å². The molecule has 0 saturated carbocycles. The van der Waals surface area contributed by atoms with Crippen LogP contribution in [0.25, 0.3) is 0 Å². The lowest BCUT2D eigenvalue weighted by atomic mass is 10.1. The first kappa shape index (κ1) is 17.4. The van der Waals surface area contributed by atoms with Crippen molar-refractivity contribution in [1.82, 2.24) is 4.90 Å². The first-order valence-corrected chi connectivity index (χ1v) is 9.02. The van der Waals surface area contributed by atoms with E-state index in [2.05, 4.69) is 0 Å². The number of anilines is 1. The molecular formula is C19H20N2O3S. The van der Waals surface area contributed by atoms with Crippen molar-refractivity contribution in [3.63, 3.8) is 0 Å². The molecule has 1 fully saturated rings. The van der Waals surface area contributed by atoms with Crippen LogP contribution in [0, 0.1) is 6.92 Å². The van der Waals surface area contributed by atoms with E-state index in [9.17, 15) is 14.4 Å². The number of rotatable bonds is 3. The van der Waals surface area contributed by atoms with Gasteiger partial charge in [0, 0.05) is 23.7 Å². The van der Waals surface area contributed by atoms with Crippen LogP contribution < -0.4 is 4.90 Å². The Bertz CT molecular complexity index is 825. The third-order valence-electron chi connectivity index (χ3n) is 4.39. The molecule has 130 valence electrons. The highest BCUT2D eigenvalue weighted by atomic mass is 32.1. The van der Waals surface area contributed by atoms with Crippen LogP contribution in [0.4, 0.5) is 5.69 Å². The molecule has 0 unspecified atom stereocenters. The molecule has 2 heterocycles. The largest absolute Gasteiger partial charge is 0.325 e. The molecule has 6 heteroatoms. The molecule has 1 saturated heterocycles. The van der Waals surface area contributed by atoms with E-state index < -0.39 is 0 Å². The Labute approximate surface area is 150 Å². The van der Waals surface area contributed by atoms with Crippen LogP contribution in [0.5, 0.6) is 0 Å². The first-order chi connectivity index (χ1) is 11.9. The van der Waals surface area contributed by atoms with E-state index in [1.807, 2.05) is 38.1 Å². The Kier molecular flexibility index (Phi) is 4.72. The lowest BCUT2D eigenvalue weighted by molar-refractivity contribution is -0.121. The monoisotopic (exact) mass is 356 g/mol. The van der Waals surface area contributed by atoms with Crippen molar-refractivity contribution < 1.29 is 14.4 Å². The van der Waals surface area contributed by atoms with E-state index in [4.69, 9.17) is 0 Å². The molecule has 2 aromatic rings. The maximum Gasteiger partial charge on any atom is 0.255 e. The average Bonchev–Trinajstić information content (AvgIpc) is 3.07. The fraction of sp³-hybridized carbons (Fsp3) is 0.316. The van der Waals surface area contributed by atoms with Crippen LogP contribution in [0.2, 0.25) is 0 Å². The van der Waals surface area contributed by atoms with Crippen LogP contribution in [-0.2, 0) is 4.79 Å². The Morgan fingerprint density at radius 3 is 2.48 bits per heavy atom. The lowest BCUT2D eigenvalue weighted by Gasteiger charge is -2.39. The third kappa shape index (κ3) is 3.49. The smallest absolute Gasteiger partial charge is 0.255 e. The van der Waals surface area contributed by atoms with Gasteiger partial charge in [-0.15, -0.1) is 11.3 Å². The summed E-state index contributed by atoms with van der Waals surface area (Å²) < 4.78 is 0. The molecule has 1 atom stereocenters. The van der Waals surface area contributed by atoms with Crippen molar-refractivity contribution in [3.8, 4) is 0 Å². The molecule has 0 aliphatic carbocycles. The highest BCUT2D eigenvalue weighted by Gasteiger charge is 2.34. The molecular weight excluding hydrogens is 336 g/mol. The summed E-state index contributed by atoms with van der Waals surface area (Å²) in [6.07, 6.45) is 0. The van der Waals surface area contributed by atoms with Gasteiger partial charge in [-0.3, -0.25) is 14.4 Å². The Hall–Kier alpha value is -2.47. The van der Waals surface area contributed by atoms with Gasteiger partial charge in [0.2, 0.25) is 5.91 Å². The first-order valence-electron chi connectivity index (χ1n) is 8.14. The number of benzene rings is 1. The predicted molar refractivity (Wildman–Crippen MR) is 98.4 cm³/mol. The highest BCUT2D eigenvalue weighted by molar-refractivity contribution is 7.12. The number of carbonyl (C=O) groups excluding carboxylic acids is 3. The molecule has 1 aromatic heterocycles. The van der Waals surface area contributed by atoms with Gasteiger partial charge in [0.05, 0.1) is 10.4 Å². The number of ketones is 1. The molecule has 1 aromatic carbocycles. The predicted octanol–water partition coefficient (Wildman–Crippen LogP) is 3.14. The number of piperazine rings is 1. The fourth-order valence-electron chi connectivity index (χ4n) is 2.90. The second-order valence-corrected chi connectivity index (χ2v) is 7.29. The number of carbonyl (C=O) groups is 3. The van der Waals surface area contributed by atoms with E-state index in [0.29, 0.717) is 17.0 Å². The molecule has 0 radical (unpaired) electrons. The quantitative estimate of drug-likeness (QED) is 0.794. The SMILES string of the molecule is CC(=O)c1cc(C(=O)N2CC(=O)N(c3ccc(C)cc3)C[C@H]2C)cs1. The Morgan fingerprint density at radius 2 is 1.88 bits per heavy atom. The van der Waals surface area contributed by atoms with Gasteiger partial charge in [-0.05, 0) is 39.0 Å². The van der Waals surface area contributed by atoms with Crippen LogP contribution in [-0.4, -0.2) is 41.6 Å². The molecule has 5 nitrogen and oxygen atoms in total. The van der Waals surface area contributed by atoms with E-state index in [0.717, 1.165) is 11.3 Å². The highest BCUT2D eigenvalue weighted by Crippen LogP contribution is 2.23. The maximum absolute atomic E-state index is 12.7. The molecule has 25 heavy (non-hydrogen) atoms. The summed E-state index contributed by atoms with van der Waals surface area (Å²) in [5, 5.41) is 1.68. The summed E-state index contributed by atoms with van der Waals surface area (Å²) in [6, 6.07) is 9.30. The summed E-state index contributed by atoms with van der Waals surface area (Å²) in [6.45, 7) is 5.91. The van der Waals surface area contributed by atoms with Crippen LogP contribution in [0.15, 0.2) is 35.7 Å². The van der Waals surface area contributed by atoms with E-state index in [1.54, 1.807) is 21.2 Å². The topological polar surface area (TPSA) is 57.7 Å². The van der Waals surface area contributed by atoms with Crippen molar-refractivity contribution in [2.24, 2.45) is 0 Å². The van der Waals surface area contributed by atoms with Crippen LogP contribution in [0.3, 0.4) is 0 Å². The number of thiophene rings is 1. The fourth-order valence-corrected chi connectivity index (χ4v) is 3.68. The van der Waals surface area contributed by atoms with Gasteiger partial charge in [-0.25, -0.2) is 0 Å². The maximum atomic E-state index is 12.7. The molecule has 3 rings (SSSR count). The molecule has 0 bridgehead atoms. The minimum Gasteiger partial charge on any atom is -0.325 e. The van der Waals surface area contributed by atoms with Crippen molar-refractivity contribution >= 4 is 34.6 Å². The zero-order chi connectivity index (χ0) is 18.1. The second kappa shape index (κ2) is 6.80. The van der Waals surface area contributed by atoms with Gasteiger partial charge in [0.15, 0.2) is 5.78 Å². The zero-order valence-corrected chi connectivity index (χ0v) is 15.3. The number of amides is 2. The molecule has 2 amide bonds. The number of hydrogen-bond acceptors (Lipinski definition) is 4. The van der Waals surface area contributed by atoms with Crippen molar-refractivity contribution in [1.29, 1.82) is 0 Å². The number of aryl methyl sites for hydroxylation is 1. The summed E-state index contributed by atoms with van der Waals surface area (Å²) in [7, 11) is 0. The Morgan fingerprint density at radius 1 is 1.20 bits per heavy atom. The summed E-state index contributed by atoms with van der Waals surface area (Å²) >= 11 is 1.26. The van der Waals surface area contributed by atoms with E-state index >= 15 is 0 Å². The van der Waals surface area contributed by atoms with Gasteiger partial charge in [0.25, 0.3) is 5.91 Å². The summed E-state index contributed by atoms with van der Waals surface area (Å²) in [5.41, 5.74) is 2.46.